The first-order valence-corrected chi connectivity index (χ1v) is 12.1. The number of nitrogens with one attached hydrogen (secondary N) is 1. The lowest BCUT2D eigenvalue weighted by Crippen LogP contribution is -2.51. The van der Waals surface area contributed by atoms with Crippen molar-refractivity contribution >= 4 is 23.5 Å². The zero-order chi connectivity index (χ0) is 27.8. The van der Waals surface area contributed by atoms with Gasteiger partial charge in [0.1, 0.15) is 11.4 Å². The minimum Gasteiger partial charge on any atom is -0.494 e. The lowest BCUT2D eigenvalue weighted by molar-refractivity contribution is -0.155. The molecule has 0 unspecified atom stereocenters. The van der Waals surface area contributed by atoms with E-state index in [-0.39, 0.29) is 31.0 Å². The van der Waals surface area contributed by atoms with Crippen molar-refractivity contribution in [3.8, 4) is 5.75 Å². The SMILES string of the molecule is CC(C)(C)OC(=O)CC[C@]1(C(=O)NN)N=C(c2ccc(OCCCO)cc2)O[C@H]1c1ccccc1N=[N+]=[N-]. The first-order valence-electron chi connectivity index (χ1n) is 12.1. The van der Waals surface area contributed by atoms with Gasteiger partial charge in [0.25, 0.3) is 5.91 Å². The molecule has 2 atom stereocenters. The van der Waals surface area contributed by atoms with E-state index in [0.717, 1.165) is 0 Å². The van der Waals surface area contributed by atoms with E-state index in [0.29, 0.717) is 29.9 Å². The maximum absolute atomic E-state index is 13.3. The molecule has 1 aliphatic heterocycles. The van der Waals surface area contributed by atoms with Gasteiger partial charge >= 0.3 is 5.97 Å². The zero-order valence-corrected chi connectivity index (χ0v) is 21.6. The van der Waals surface area contributed by atoms with Crippen LogP contribution in [0.4, 0.5) is 5.69 Å². The van der Waals surface area contributed by atoms with E-state index in [1.807, 2.05) is 0 Å². The Kier molecular flexibility index (Phi) is 9.30. The highest BCUT2D eigenvalue weighted by atomic mass is 16.6. The molecule has 0 spiro atoms. The van der Waals surface area contributed by atoms with Crippen molar-refractivity contribution in [3.63, 3.8) is 0 Å². The fourth-order valence-corrected chi connectivity index (χ4v) is 4.01. The normalized spacial score (nSPS) is 18.6. The molecule has 0 aromatic heterocycles. The van der Waals surface area contributed by atoms with E-state index in [1.165, 1.54) is 0 Å². The number of aliphatic imine (C=N–C) groups is 1. The molecule has 0 fully saturated rings. The highest BCUT2D eigenvalue weighted by Gasteiger charge is 2.53. The van der Waals surface area contributed by atoms with Gasteiger partial charge in [-0.25, -0.2) is 10.8 Å². The van der Waals surface area contributed by atoms with Crippen LogP contribution in [0.1, 0.15) is 57.3 Å². The van der Waals surface area contributed by atoms with Crippen LogP contribution in [0.25, 0.3) is 10.4 Å². The summed E-state index contributed by atoms with van der Waals surface area (Å²) in [4.78, 5) is 33.5. The number of ether oxygens (including phenoxy) is 3. The first-order chi connectivity index (χ1) is 18.1. The fraction of sp³-hybridized carbons (Fsp3) is 0.423. The van der Waals surface area contributed by atoms with E-state index >= 15 is 0 Å². The summed E-state index contributed by atoms with van der Waals surface area (Å²) in [6.07, 6.45) is -0.807. The maximum Gasteiger partial charge on any atom is 0.306 e. The lowest BCUT2D eigenvalue weighted by atomic mass is 9.83. The number of amides is 1. The molecule has 0 saturated heterocycles. The Labute approximate surface area is 220 Å². The van der Waals surface area contributed by atoms with Gasteiger partial charge in [0.05, 0.1) is 6.61 Å². The molecule has 12 heteroatoms. The second kappa shape index (κ2) is 12.4. The van der Waals surface area contributed by atoms with Crippen molar-refractivity contribution in [3.05, 3.63) is 70.1 Å². The number of azide groups is 1. The number of nitrogens with two attached hydrogens (primary N) is 1. The topological polar surface area (TPSA) is 181 Å². The number of rotatable bonds is 11. The third kappa shape index (κ3) is 6.80. The Morgan fingerprint density at radius 3 is 2.58 bits per heavy atom. The van der Waals surface area contributed by atoms with Crippen LogP contribution >= 0.6 is 0 Å². The average Bonchev–Trinajstić information content (AvgIpc) is 3.28. The van der Waals surface area contributed by atoms with Gasteiger partial charge in [0, 0.05) is 41.2 Å². The number of hydrogen-bond acceptors (Lipinski definition) is 9. The van der Waals surface area contributed by atoms with Crippen molar-refractivity contribution in [2.45, 2.75) is 57.3 Å². The van der Waals surface area contributed by atoms with Crippen LogP contribution in [-0.2, 0) is 19.1 Å². The summed E-state index contributed by atoms with van der Waals surface area (Å²) < 4.78 is 17.3. The van der Waals surface area contributed by atoms with Gasteiger partial charge in [0.2, 0.25) is 5.90 Å². The molecule has 4 N–H and O–H groups in total. The van der Waals surface area contributed by atoms with Gasteiger partial charge in [-0.3, -0.25) is 15.0 Å². The number of aliphatic hydroxyl groups is 1. The van der Waals surface area contributed by atoms with Crippen LogP contribution in [0.2, 0.25) is 0 Å². The third-order valence-corrected chi connectivity index (χ3v) is 5.66. The van der Waals surface area contributed by atoms with E-state index < -0.39 is 29.1 Å². The average molecular weight is 525 g/mol. The highest BCUT2D eigenvalue weighted by molar-refractivity contribution is 6.01. The summed E-state index contributed by atoms with van der Waals surface area (Å²) in [7, 11) is 0. The van der Waals surface area contributed by atoms with Crippen LogP contribution in [0.3, 0.4) is 0 Å². The van der Waals surface area contributed by atoms with Crippen molar-refractivity contribution in [2.24, 2.45) is 15.9 Å². The van der Waals surface area contributed by atoms with E-state index in [1.54, 1.807) is 69.3 Å². The molecule has 1 aliphatic rings. The Bertz CT molecular complexity index is 1220. The molecule has 0 radical (unpaired) electrons. The Hall–Kier alpha value is -4.12. The zero-order valence-electron chi connectivity index (χ0n) is 21.6. The number of aliphatic hydroxyl groups excluding tert-OH is 1. The van der Waals surface area contributed by atoms with Gasteiger partial charge in [-0.05, 0) is 57.0 Å². The third-order valence-electron chi connectivity index (χ3n) is 5.66. The standard InChI is InChI=1S/C26H32N6O6/c1-25(2,3)38-21(34)13-14-26(24(35)30-27)22(19-7-4-5-8-20(19)31-32-28)37-23(29-26)17-9-11-18(12-10-17)36-16-6-15-33/h4-5,7-12,22,33H,6,13-16,27H2,1-3H3,(H,30,35)/t22-,26-/m0/s1. The van der Waals surface area contributed by atoms with E-state index in [9.17, 15) is 9.59 Å². The number of benzene rings is 2. The summed E-state index contributed by atoms with van der Waals surface area (Å²) in [5, 5.41) is 12.7. The number of hydrazine groups is 1. The molecule has 1 amide bonds. The number of hydrogen-bond donors (Lipinski definition) is 3. The summed E-state index contributed by atoms with van der Waals surface area (Å²) in [5.74, 6) is 5.12. The second-order valence-electron chi connectivity index (χ2n) is 9.60. The molecular formula is C26H32N6O6. The number of carbonyl (C=O) groups is 2. The number of carbonyl (C=O) groups excluding carboxylic acids is 2. The minimum absolute atomic E-state index is 0.0238. The maximum atomic E-state index is 13.3. The number of nitrogens with zero attached hydrogens (tertiary/aromatic N) is 4. The quantitative estimate of drug-likeness (QED) is 0.0584. The molecule has 0 saturated carbocycles. The van der Waals surface area contributed by atoms with Gasteiger partial charge < -0.3 is 19.3 Å². The predicted molar refractivity (Wildman–Crippen MR) is 139 cm³/mol. The van der Waals surface area contributed by atoms with Crippen LogP contribution in [0, 0.1) is 0 Å². The Balaban J connectivity index is 2.04. The molecule has 202 valence electrons. The van der Waals surface area contributed by atoms with Crippen molar-refractivity contribution in [1.82, 2.24) is 5.43 Å². The first kappa shape index (κ1) is 28.5. The molecular weight excluding hydrogens is 492 g/mol. The molecule has 1 heterocycles. The molecule has 3 rings (SSSR count). The molecule has 0 bridgehead atoms. The van der Waals surface area contributed by atoms with Crippen LogP contribution in [0.5, 0.6) is 5.75 Å². The molecule has 2 aromatic rings. The monoisotopic (exact) mass is 524 g/mol. The van der Waals surface area contributed by atoms with Crippen LogP contribution in [0.15, 0.2) is 58.6 Å². The summed E-state index contributed by atoms with van der Waals surface area (Å²) in [6, 6.07) is 13.5. The lowest BCUT2D eigenvalue weighted by Gasteiger charge is -2.30. The molecule has 0 aliphatic carbocycles. The minimum atomic E-state index is -1.67. The highest BCUT2D eigenvalue weighted by Crippen LogP contribution is 2.46. The summed E-state index contributed by atoms with van der Waals surface area (Å²) >= 11 is 0. The van der Waals surface area contributed by atoms with Crippen LogP contribution in [-0.4, -0.2) is 47.2 Å². The van der Waals surface area contributed by atoms with Crippen molar-refractivity contribution in [1.29, 1.82) is 0 Å². The second-order valence-corrected chi connectivity index (χ2v) is 9.60. The van der Waals surface area contributed by atoms with Crippen molar-refractivity contribution < 1.29 is 28.9 Å². The molecule has 12 nitrogen and oxygen atoms in total. The molecule has 2 aromatic carbocycles. The Morgan fingerprint density at radius 1 is 1.24 bits per heavy atom. The summed E-state index contributed by atoms with van der Waals surface area (Å²) in [6.45, 7) is 5.63. The van der Waals surface area contributed by atoms with Gasteiger partial charge in [-0.15, -0.1) is 0 Å². The number of esters is 1. The van der Waals surface area contributed by atoms with Gasteiger partial charge in [-0.1, -0.05) is 29.4 Å². The summed E-state index contributed by atoms with van der Waals surface area (Å²) in [5.41, 5.74) is 10.1. The van der Waals surface area contributed by atoms with Gasteiger partial charge in [-0.2, -0.15) is 0 Å². The van der Waals surface area contributed by atoms with E-state index in [2.05, 4.69) is 20.4 Å². The fourth-order valence-electron chi connectivity index (χ4n) is 4.01. The van der Waals surface area contributed by atoms with Crippen molar-refractivity contribution in [2.75, 3.05) is 13.2 Å². The smallest absolute Gasteiger partial charge is 0.306 e. The van der Waals surface area contributed by atoms with E-state index in [4.69, 9.17) is 30.7 Å². The Morgan fingerprint density at radius 2 is 1.95 bits per heavy atom. The molecule has 38 heavy (non-hydrogen) atoms. The van der Waals surface area contributed by atoms with Crippen LogP contribution < -0.4 is 16.0 Å². The van der Waals surface area contributed by atoms with Gasteiger partial charge in [0.15, 0.2) is 11.6 Å². The predicted octanol–water partition coefficient (Wildman–Crippen LogP) is 3.76. The largest absolute Gasteiger partial charge is 0.494 e.